The van der Waals surface area contributed by atoms with Crippen LogP contribution in [-0.4, -0.2) is 52.1 Å². The molecule has 0 aliphatic carbocycles. The average molecular weight is 432 g/mol. The van der Waals surface area contributed by atoms with Gasteiger partial charge >= 0.3 is 0 Å². The predicted molar refractivity (Wildman–Crippen MR) is 123 cm³/mol. The third kappa shape index (κ3) is 4.13. The Kier molecular flexibility index (Phi) is 5.79. The lowest BCUT2D eigenvalue weighted by atomic mass is 10.1. The summed E-state index contributed by atoms with van der Waals surface area (Å²) in [6.07, 6.45) is 0.724. The van der Waals surface area contributed by atoms with Gasteiger partial charge in [0.15, 0.2) is 11.5 Å². The number of carbonyl (C=O) groups is 1. The fraction of sp³-hybridized carbons (Fsp3) is 0.360. The summed E-state index contributed by atoms with van der Waals surface area (Å²) in [4.78, 5) is 26.2. The molecule has 32 heavy (non-hydrogen) atoms. The maximum Gasteiger partial charge on any atom is 0.259 e. The first-order chi connectivity index (χ1) is 15.3. The molecule has 1 atom stereocenters. The van der Waals surface area contributed by atoms with Crippen molar-refractivity contribution < 1.29 is 9.18 Å². The summed E-state index contributed by atoms with van der Waals surface area (Å²) in [7, 11) is 0. The fourth-order valence-corrected chi connectivity index (χ4v) is 4.24. The molecule has 0 saturated carbocycles. The molecule has 1 amide bonds. The summed E-state index contributed by atoms with van der Waals surface area (Å²) >= 11 is 0. The highest BCUT2D eigenvalue weighted by Crippen LogP contribution is 2.33. The highest BCUT2D eigenvalue weighted by atomic mass is 19.1. The van der Waals surface area contributed by atoms with Crippen molar-refractivity contribution in [3.05, 3.63) is 54.1 Å². The molecule has 4 rings (SSSR count). The third-order valence-corrected chi connectivity index (χ3v) is 5.83. The Hall–Kier alpha value is -3.53. The van der Waals surface area contributed by atoms with Crippen LogP contribution in [0.4, 0.5) is 10.2 Å². The summed E-state index contributed by atoms with van der Waals surface area (Å²) in [5, 5.41) is 9.34. The van der Waals surface area contributed by atoms with E-state index in [-0.39, 0.29) is 6.04 Å². The van der Waals surface area contributed by atoms with Gasteiger partial charge in [-0.25, -0.2) is 14.4 Å². The molecule has 2 aromatic carbocycles. The van der Waals surface area contributed by atoms with Crippen LogP contribution in [-0.2, 0) is 4.79 Å². The molecule has 0 bridgehead atoms. The minimum absolute atomic E-state index is 0.103. The number of benzene rings is 2. The number of halogens is 1. The Morgan fingerprint density at radius 1 is 1.22 bits per heavy atom. The molecule has 0 spiro atoms. The van der Waals surface area contributed by atoms with Gasteiger partial charge < -0.3 is 9.80 Å². The lowest BCUT2D eigenvalue weighted by Crippen LogP contribution is -2.49. The van der Waals surface area contributed by atoms with Crippen molar-refractivity contribution in [2.75, 3.05) is 24.5 Å². The van der Waals surface area contributed by atoms with E-state index in [9.17, 15) is 14.4 Å². The average Bonchev–Trinajstić information content (AvgIpc) is 3.27. The van der Waals surface area contributed by atoms with E-state index >= 15 is 0 Å². The number of rotatable bonds is 5. The molecule has 0 radical (unpaired) electrons. The summed E-state index contributed by atoms with van der Waals surface area (Å²) < 4.78 is 14.4. The van der Waals surface area contributed by atoms with E-state index in [1.165, 1.54) is 13.8 Å². The zero-order valence-electron chi connectivity index (χ0n) is 18.5. The Bertz CT molecular complexity index is 1200. The maximum atomic E-state index is 14.4. The zero-order chi connectivity index (χ0) is 22.9. The van der Waals surface area contributed by atoms with Crippen molar-refractivity contribution in [2.45, 2.75) is 38.9 Å². The second kappa shape index (κ2) is 8.54. The van der Waals surface area contributed by atoms with E-state index < -0.39 is 11.6 Å². The first-order valence-electron chi connectivity index (χ1n) is 10.8. The molecule has 1 aliphatic heterocycles. The number of nitriles is 1. The number of likely N-dealkylation sites (N-methyl/N-ethyl adjacent to an activating group) is 1. The lowest BCUT2D eigenvalue weighted by Gasteiger charge is -2.31. The van der Waals surface area contributed by atoms with E-state index in [0.29, 0.717) is 36.7 Å². The Morgan fingerprint density at radius 3 is 2.59 bits per heavy atom. The molecule has 0 N–H and O–H groups in total. The van der Waals surface area contributed by atoms with E-state index in [0.717, 1.165) is 23.0 Å². The Labute approximate surface area is 187 Å². The number of anilines is 1. The van der Waals surface area contributed by atoms with Gasteiger partial charge in [-0.1, -0.05) is 24.3 Å². The molecule has 0 unspecified atom stereocenters. The normalized spacial score (nSPS) is 16.2. The predicted octanol–water partition coefficient (Wildman–Crippen LogP) is 4.34. The van der Waals surface area contributed by atoms with E-state index in [1.807, 2.05) is 49.4 Å². The van der Waals surface area contributed by atoms with Crippen molar-refractivity contribution in [1.29, 1.82) is 5.26 Å². The first-order valence-corrected chi connectivity index (χ1v) is 10.8. The van der Waals surface area contributed by atoms with Crippen LogP contribution < -0.4 is 4.90 Å². The lowest BCUT2D eigenvalue weighted by molar-refractivity contribution is -0.143. The molecule has 6 nitrogen and oxygen atoms in total. The van der Waals surface area contributed by atoms with Gasteiger partial charge in [0.05, 0.1) is 28.7 Å². The van der Waals surface area contributed by atoms with E-state index in [1.54, 1.807) is 11.0 Å². The molecule has 1 aromatic heterocycles. The van der Waals surface area contributed by atoms with E-state index in [2.05, 4.69) is 11.0 Å². The van der Waals surface area contributed by atoms with Crippen LogP contribution in [0.3, 0.4) is 0 Å². The summed E-state index contributed by atoms with van der Waals surface area (Å²) in [6.45, 7) is 6.17. The van der Waals surface area contributed by atoms with Crippen molar-refractivity contribution in [3.63, 3.8) is 0 Å². The minimum Gasteiger partial charge on any atom is -0.353 e. The molecular weight excluding hydrogens is 405 g/mol. The number of para-hydroxylation sites is 2. The first kappa shape index (κ1) is 21.7. The van der Waals surface area contributed by atoms with Gasteiger partial charge in [-0.2, -0.15) is 5.26 Å². The van der Waals surface area contributed by atoms with Gasteiger partial charge in [0, 0.05) is 25.2 Å². The molecular formula is C25H26FN5O. The third-order valence-electron chi connectivity index (χ3n) is 5.83. The highest BCUT2D eigenvalue weighted by molar-refractivity contribution is 5.85. The summed E-state index contributed by atoms with van der Waals surface area (Å²) in [6, 6.07) is 17.1. The molecule has 1 aliphatic rings. The number of fused-ring (bicyclic) bond motifs is 1. The topological polar surface area (TPSA) is 73.1 Å². The van der Waals surface area contributed by atoms with Crippen LogP contribution in [0.2, 0.25) is 0 Å². The number of carbonyl (C=O) groups excluding carboxylic acids is 1. The van der Waals surface area contributed by atoms with E-state index in [4.69, 9.17) is 9.97 Å². The standard InChI is InChI=1S/C25H26FN5O/c1-4-31(24(32)25(2,3)26)19-12-13-30(16-19)23-22(18-9-7-8-17(14-18)15-27)28-20-10-5-6-11-21(20)29-23/h5-11,14,19H,4,12-13,16H2,1-3H3/t19-/m0/s1. The van der Waals surface area contributed by atoms with Gasteiger partial charge in [-0.15, -0.1) is 0 Å². The quantitative estimate of drug-likeness (QED) is 0.601. The molecule has 1 fully saturated rings. The molecule has 7 heteroatoms. The number of nitrogens with zero attached hydrogens (tertiary/aromatic N) is 5. The second-order valence-electron chi connectivity index (χ2n) is 8.53. The van der Waals surface area contributed by atoms with Gasteiger partial charge in [0.2, 0.25) is 0 Å². The Balaban J connectivity index is 1.74. The molecule has 2 heterocycles. The van der Waals surface area contributed by atoms with Gasteiger partial charge in [-0.05, 0) is 51.5 Å². The van der Waals surface area contributed by atoms with Crippen LogP contribution in [0.15, 0.2) is 48.5 Å². The number of amides is 1. The zero-order valence-corrected chi connectivity index (χ0v) is 18.5. The number of hydrogen-bond acceptors (Lipinski definition) is 5. The van der Waals surface area contributed by atoms with Crippen molar-refractivity contribution in [3.8, 4) is 17.3 Å². The fourth-order valence-electron chi connectivity index (χ4n) is 4.24. The summed E-state index contributed by atoms with van der Waals surface area (Å²) in [5.74, 6) is 0.225. The largest absolute Gasteiger partial charge is 0.353 e. The molecule has 3 aromatic rings. The Morgan fingerprint density at radius 2 is 1.94 bits per heavy atom. The van der Waals surface area contributed by atoms with Gasteiger partial charge in [0.25, 0.3) is 5.91 Å². The van der Waals surface area contributed by atoms with Crippen LogP contribution in [0, 0.1) is 11.3 Å². The smallest absolute Gasteiger partial charge is 0.259 e. The summed E-state index contributed by atoms with van der Waals surface area (Å²) in [5.41, 5.74) is 1.70. The van der Waals surface area contributed by atoms with Crippen molar-refractivity contribution >= 4 is 22.8 Å². The highest BCUT2D eigenvalue weighted by Gasteiger charge is 2.38. The number of alkyl halides is 1. The van der Waals surface area contributed by atoms with Crippen molar-refractivity contribution in [2.24, 2.45) is 0 Å². The van der Waals surface area contributed by atoms with Gasteiger partial charge in [0.1, 0.15) is 5.69 Å². The van der Waals surface area contributed by atoms with Crippen LogP contribution in [0.25, 0.3) is 22.3 Å². The van der Waals surface area contributed by atoms with Crippen LogP contribution >= 0.6 is 0 Å². The SMILES string of the molecule is CCN(C(=O)C(C)(C)F)[C@H]1CCN(c2nc3ccccc3nc2-c2cccc(C#N)c2)C1. The van der Waals surface area contributed by atoms with Crippen LogP contribution in [0.1, 0.15) is 32.8 Å². The monoisotopic (exact) mass is 431 g/mol. The number of hydrogen-bond donors (Lipinski definition) is 0. The van der Waals surface area contributed by atoms with Crippen LogP contribution in [0.5, 0.6) is 0 Å². The molecule has 164 valence electrons. The maximum absolute atomic E-state index is 14.4. The number of aromatic nitrogens is 2. The van der Waals surface area contributed by atoms with Crippen molar-refractivity contribution in [1.82, 2.24) is 14.9 Å². The van der Waals surface area contributed by atoms with Gasteiger partial charge in [-0.3, -0.25) is 4.79 Å². The minimum atomic E-state index is -1.91. The molecule has 1 saturated heterocycles. The second-order valence-corrected chi connectivity index (χ2v) is 8.53.